The summed E-state index contributed by atoms with van der Waals surface area (Å²) in [5.41, 5.74) is 0. The average Bonchev–Trinajstić information content (AvgIpc) is 2.35. The van der Waals surface area contributed by atoms with E-state index < -0.39 is 0 Å². The van der Waals surface area contributed by atoms with Crippen LogP contribution in [-0.4, -0.2) is 6.29 Å². The highest BCUT2D eigenvalue weighted by Crippen LogP contribution is 2.09. The zero-order valence-corrected chi connectivity index (χ0v) is 11.4. The summed E-state index contributed by atoms with van der Waals surface area (Å²) in [7, 11) is 0. The number of allylic oxidation sites excluding steroid dienone is 4. The predicted octanol–water partition coefficient (Wildman–Crippen LogP) is 5.22. The van der Waals surface area contributed by atoms with E-state index in [0.29, 0.717) is 0 Å². The fourth-order valence-corrected chi connectivity index (χ4v) is 1.76. The Balaban J connectivity index is 3.05. The lowest BCUT2D eigenvalue weighted by atomic mass is 10.1. The summed E-state index contributed by atoms with van der Waals surface area (Å²) >= 11 is 0. The van der Waals surface area contributed by atoms with E-state index in [0.717, 1.165) is 25.5 Å². The Hall–Kier alpha value is -0.850. The molecule has 0 aromatic heterocycles. The molecule has 0 fully saturated rings. The standard InChI is InChI=1S/C16H28O/c1-2-3-4-5-6-7-8-9-10-11-12-13-14-15-16-17/h3-6,16H,2,7-15H2,1H3/b4-3-,6-5+. The molecular formula is C16H28O. The highest BCUT2D eigenvalue weighted by molar-refractivity contribution is 5.48. The van der Waals surface area contributed by atoms with Gasteiger partial charge in [0.2, 0.25) is 0 Å². The minimum Gasteiger partial charge on any atom is -0.303 e. The third kappa shape index (κ3) is 15.1. The molecule has 0 aliphatic carbocycles. The van der Waals surface area contributed by atoms with E-state index in [9.17, 15) is 4.79 Å². The molecule has 1 heteroatoms. The molecule has 0 aliphatic heterocycles. The van der Waals surface area contributed by atoms with Gasteiger partial charge >= 0.3 is 0 Å². The molecule has 0 aromatic carbocycles. The number of rotatable bonds is 12. The van der Waals surface area contributed by atoms with Crippen molar-refractivity contribution >= 4 is 6.29 Å². The number of carbonyl (C=O) groups is 1. The molecule has 1 nitrogen and oxygen atoms in total. The number of hydrogen-bond donors (Lipinski definition) is 0. The van der Waals surface area contributed by atoms with Gasteiger partial charge in [-0.05, 0) is 25.7 Å². The van der Waals surface area contributed by atoms with Gasteiger partial charge < -0.3 is 4.79 Å². The smallest absolute Gasteiger partial charge is 0.119 e. The summed E-state index contributed by atoms with van der Waals surface area (Å²) < 4.78 is 0. The van der Waals surface area contributed by atoms with Crippen LogP contribution in [0.1, 0.15) is 71.1 Å². The maximum Gasteiger partial charge on any atom is 0.119 e. The fraction of sp³-hybridized carbons (Fsp3) is 0.688. The van der Waals surface area contributed by atoms with Crippen LogP contribution >= 0.6 is 0 Å². The van der Waals surface area contributed by atoms with Gasteiger partial charge in [0, 0.05) is 6.42 Å². The first-order valence-corrected chi connectivity index (χ1v) is 7.17. The number of aldehydes is 1. The van der Waals surface area contributed by atoms with Gasteiger partial charge in [0.25, 0.3) is 0 Å². The molecule has 17 heavy (non-hydrogen) atoms. The lowest BCUT2D eigenvalue weighted by molar-refractivity contribution is -0.107. The second kappa shape index (κ2) is 15.1. The largest absolute Gasteiger partial charge is 0.303 e. The second-order valence-corrected chi connectivity index (χ2v) is 4.48. The van der Waals surface area contributed by atoms with Gasteiger partial charge in [-0.3, -0.25) is 0 Å². The third-order valence-electron chi connectivity index (χ3n) is 2.81. The zero-order valence-electron chi connectivity index (χ0n) is 11.4. The monoisotopic (exact) mass is 236 g/mol. The van der Waals surface area contributed by atoms with Crippen LogP contribution in [0.4, 0.5) is 0 Å². The van der Waals surface area contributed by atoms with Crippen LogP contribution in [0, 0.1) is 0 Å². The highest BCUT2D eigenvalue weighted by atomic mass is 16.1. The molecule has 0 atom stereocenters. The normalized spacial score (nSPS) is 11.6. The summed E-state index contributed by atoms with van der Waals surface area (Å²) in [5.74, 6) is 0. The summed E-state index contributed by atoms with van der Waals surface area (Å²) in [6.07, 6.45) is 21.8. The lowest BCUT2D eigenvalue weighted by Crippen LogP contribution is -1.81. The van der Waals surface area contributed by atoms with Gasteiger partial charge in [0.15, 0.2) is 0 Å². The lowest BCUT2D eigenvalue weighted by Gasteiger charge is -1.99. The Bertz CT molecular complexity index is 204. The first kappa shape index (κ1) is 16.1. The van der Waals surface area contributed by atoms with Crippen molar-refractivity contribution in [2.24, 2.45) is 0 Å². The van der Waals surface area contributed by atoms with Crippen LogP contribution in [0.3, 0.4) is 0 Å². The predicted molar refractivity (Wildman–Crippen MR) is 76.2 cm³/mol. The van der Waals surface area contributed by atoms with Crippen LogP contribution in [-0.2, 0) is 4.79 Å². The van der Waals surface area contributed by atoms with Gasteiger partial charge in [-0.1, -0.05) is 63.3 Å². The van der Waals surface area contributed by atoms with Crippen LogP contribution in [0.2, 0.25) is 0 Å². The first-order chi connectivity index (χ1) is 8.41. The molecule has 98 valence electrons. The molecule has 0 amide bonds. The number of unbranched alkanes of at least 4 members (excludes halogenated alkanes) is 8. The van der Waals surface area contributed by atoms with Crippen LogP contribution < -0.4 is 0 Å². The Morgan fingerprint density at radius 3 is 1.82 bits per heavy atom. The van der Waals surface area contributed by atoms with E-state index in [1.165, 1.54) is 44.9 Å². The van der Waals surface area contributed by atoms with Gasteiger partial charge in [0.05, 0.1) is 0 Å². The van der Waals surface area contributed by atoms with Crippen molar-refractivity contribution in [2.45, 2.75) is 71.1 Å². The van der Waals surface area contributed by atoms with Crippen LogP contribution in [0.25, 0.3) is 0 Å². The van der Waals surface area contributed by atoms with Crippen molar-refractivity contribution in [3.63, 3.8) is 0 Å². The maximum absolute atomic E-state index is 10.1. The molecule has 0 N–H and O–H groups in total. The molecule has 0 unspecified atom stereocenters. The van der Waals surface area contributed by atoms with Gasteiger partial charge in [-0.15, -0.1) is 0 Å². The molecule has 0 rings (SSSR count). The topological polar surface area (TPSA) is 17.1 Å². The van der Waals surface area contributed by atoms with Gasteiger partial charge in [-0.25, -0.2) is 0 Å². The molecule has 0 bridgehead atoms. The Labute approximate surface area is 107 Å². The number of carbonyl (C=O) groups excluding carboxylic acids is 1. The minimum atomic E-state index is 0.746. The quantitative estimate of drug-likeness (QED) is 0.258. The average molecular weight is 236 g/mol. The van der Waals surface area contributed by atoms with Crippen molar-refractivity contribution in [2.75, 3.05) is 0 Å². The molecule has 0 spiro atoms. The molecule has 0 heterocycles. The molecule has 0 aromatic rings. The van der Waals surface area contributed by atoms with E-state index in [1.807, 2.05) is 0 Å². The summed E-state index contributed by atoms with van der Waals surface area (Å²) in [6.45, 7) is 2.15. The summed E-state index contributed by atoms with van der Waals surface area (Å²) in [4.78, 5) is 10.1. The Morgan fingerprint density at radius 1 is 0.706 bits per heavy atom. The third-order valence-corrected chi connectivity index (χ3v) is 2.81. The molecule has 0 saturated carbocycles. The van der Waals surface area contributed by atoms with Crippen molar-refractivity contribution in [3.05, 3.63) is 24.3 Å². The van der Waals surface area contributed by atoms with E-state index >= 15 is 0 Å². The van der Waals surface area contributed by atoms with Crippen LogP contribution in [0.15, 0.2) is 24.3 Å². The SMILES string of the molecule is CC/C=C\C=C\CCCCCCCCCC=O. The van der Waals surface area contributed by atoms with E-state index in [2.05, 4.69) is 31.2 Å². The van der Waals surface area contributed by atoms with Crippen LogP contribution in [0.5, 0.6) is 0 Å². The Morgan fingerprint density at radius 2 is 1.24 bits per heavy atom. The summed E-state index contributed by atoms with van der Waals surface area (Å²) in [5, 5.41) is 0. The van der Waals surface area contributed by atoms with Gasteiger partial charge in [-0.2, -0.15) is 0 Å². The second-order valence-electron chi connectivity index (χ2n) is 4.48. The van der Waals surface area contributed by atoms with Crippen molar-refractivity contribution in [1.29, 1.82) is 0 Å². The maximum atomic E-state index is 10.1. The first-order valence-electron chi connectivity index (χ1n) is 7.17. The van der Waals surface area contributed by atoms with Crippen molar-refractivity contribution in [3.8, 4) is 0 Å². The van der Waals surface area contributed by atoms with Gasteiger partial charge in [0.1, 0.15) is 6.29 Å². The van der Waals surface area contributed by atoms with E-state index in [4.69, 9.17) is 0 Å². The highest BCUT2D eigenvalue weighted by Gasteiger charge is 1.90. The molecule has 0 aliphatic rings. The van der Waals surface area contributed by atoms with Crippen molar-refractivity contribution in [1.82, 2.24) is 0 Å². The fourth-order valence-electron chi connectivity index (χ4n) is 1.76. The zero-order chi connectivity index (χ0) is 12.6. The molecule has 0 radical (unpaired) electrons. The Kier molecular flexibility index (Phi) is 14.4. The number of hydrogen-bond acceptors (Lipinski definition) is 1. The molecular weight excluding hydrogens is 208 g/mol. The molecule has 0 saturated heterocycles. The van der Waals surface area contributed by atoms with E-state index in [-0.39, 0.29) is 0 Å². The summed E-state index contributed by atoms with van der Waals surface area (Å²) in [6, 6.07) is 0. The van der Waals surface area contributed by atoms with Crippen molar-refractivity contribution < 1.29 is 4.79 Å². The van der Waals surface area contributed by atoms with E-state index in [1.54, 1.807) is 0 Å². The minimum absolute atomic E-state index is 0.746.